The highest BCUT2D eigenvalue weighted by Crippen LogP contribution is 2.02. The van der Waals surface area contributed by atoms with Crippen LogP contribution in [0.15, 0.2) is 48.5 Å². The van der Waals surface area contributed by atoms with E-state index in [0.29, 0.717) is 0 Å². The summed E-state index contributed by atoms with van der Waals surface area (Å²) in [5.74, 6) is 0. The normalized spacial score (nSPS) is 10.8. The van der Waals surface area contributed by atoms with E-state index >= 15 is 0 Å². The number of hydrogen-bond acceptors (Lipinski definition) is 0. The van der Waals surface area contributed by atoms with Gasteiger partial charge in [0.15, 0.2) is 0 Å². The van der Waals surface area contributed by atoms with Crippen LogP contribution in [0.1, 0.15) is 11.1 Å². The Morgan fingerprint density at radius 1 is 0.938 bits per heavy atom. The summed E-state index contributed by atoms with van der Waals surface area (Å²) in [7, 11) is -1.12. The maximum atomic E-state index is 6.61. The zero-order valence-electron chi connectivity index (χ0n) is 9.50. The summed E-state index contributed by atoms with van der Waals surface area (Å²) in [6.45, 7) is 4.23. The maximum absolute atomic E-state index is 6.61. The highest BCUT2D eigenvalue weighted by atomic mass is 35.6. The largest absolute Gasteiger partial charge is 0.234 e. The average Bonchev–Trinajstić information content (AvgIpc) is 2.29. The van der Waals surface area contributed by atoms with Gasteiger partial charge in [0, 0.05) is 0 Å². The van der Waals surface area contributed by atoms with Crippen molar-refractivity contribution in [1.82, 2.24) is 0 Å². The van der Waals surface area contributed by atoms with Crippen LogP contribution in [0.3, 0.4) is 0 Å². The first kappa shape index (κ1) is 11.4. The fourth-order valence-corrected chi connectivity index (χ4v) is 4.33. The summed E-state index contributed by atoms with van der Waals surface area (Å²) in [6.07, 6.45) is 0. The van der Waals surface area contributed by atoms with E-state index in [1.165, 1.54) is 21.5 Å². The minimum absolute atomic E-state index is 1.12. The minimum atomic E-state index is -1.12. The number of rotatable bonds is 2. The lowest BCUT2D eigenvalue weighted by Gasteiger charge is -2.11. The smallest absolute Gasteiger partial charge is 0.156 e. The van der Waals surface area contributed by atoms with Crippen molar-refractivity contribution in [2.45, 2.75) is 13.8 Å². The molecule has 0 saturated carbocycles. The third kappa shape index (κ3) is 2.37. The maximum Gasteiger partial charge on any atom is 0.234 e. The molecule has 2 heteroatoms. The molecule has 0 aromatic heterocycles. The van der Waals surface area contributed by atoms with Crippen LogP contribution in [-0.4, -0.2) is 8.11 Å². The third-order valence-corrected chi connectivity index (χ3v) is 5.77. The number of halogens is 1. The summed E-state index contributed by atoms with van der Waals surface area (Å²) in [4.78, 5) is 0. The molecule has 81 valence electrons. The fourth-order valence-electron chi connectivity index (χ4n) is 1.76. The van der Waals surface area contributed by atoms with Crippen molar-refractivity contribution in [3.05, 3.63) is 59.7 Å². The molecule has 0 aliphatic carbocycles. The van der Waals surface area contributed by atoms with Crippen molar-refractivity contribution < 1.29 is 0 Å². The lowest BCUT2D eigenvalue weighted by atomic mass is 10.2. The van der Waals surface area contributed by atoms with Gasteiger partial charge in [0.1, 0.15) is 0 Å². The van der Waals surface area contributed by atoms with Gasteiger partial charge < -0.3 is 0 Å². The zero-order chi connectivity index (χ0) is 11.5. The Labute approximate surface area is 103 Å². The first-order chi connectivity index (χ1) is 7.68. The quantitative estimate of drug-likeness (QED) is 0.564. The van der Waals surface area contributed by atoms with E-state index < -0.39 is 8.11 Å². The van der Waals surface area contributed by atoms with Gasteiger partial charge in [0.2, 0.25) is 8.11 Å². The van der Waals surface area contributed by atoms with Gasteiger partial charge in [-0.1, -0.05) is 59.7 Å². The van der Waals surface area contributed by atoms with Gasteiger partial charge in [-0.3, -0.25) is 0 Å². The first-order valence-electron chi connectivity index (χ1n) is 5.34. The van der Waals surface area contributed by atoms with Crippen LogP contribution in [0, 0.1) is 13.8 Å². The summed E-state index contributed by atoms with van der Waals surface area (Å²) in [5.41, 5.74) is 2.56. The second kappa shape index (κ2) is 4.85. The molecule has 0 bridgehead atoms. The molecule has 0 nitrogen and oxygen atoms in total. The zero-order valence-corrected chi connectivity index (χ0v) is 11.3. The molecule has 0 heterocycles. The van der Waals surface area contributed by atoms with E-state index in [2.05, 4.69) is 62.4 Å². The Morgan fingerprint density at radius 3 is 2.38 bits per heavy atom. The van der Waals surface area contributed by atoms with E-state index in [0.717, 1.165) is 0 Å². The van der Waals surface area contributed by atoms with Gasteiger partial charge in [-0.25, -0.2) is 0 Å². The minimum Gasteiger partial charge on any atom is -0.156 e. The number of hydrogen-bond donors (Lipinski definition) is 0. The van der Waals surface area contributed by atoms with Crippen molar-refractivity contribution in [3.8, 4) is 0 Å². The molecule has 16 heavy (non-hydrogen) atoms. The Kier molecular flexibility index (Phi) is 3.47. The van der Waals surface area contributed by atoms with Crippen LogP contribution < -0.4 is 10.4 Å². The highest BCUT2D eigenvalue weighted by molar-refractivity contribution is 7.21. The van der Waals surface area contributed by atoms with E-state index in [1.807, 2.05) is 0 Å². The van der Waals surface area contributed by atoms with Crippen molar-refractivity contribution in [3.63, 3.8) is 0 Å². The Morgan fingerprint density at radius 2 is 1.69 bits per heavy atom. The molecular formula is C14H14ClSi. The van der Waals surface area contributed by atoms with E-state index in [-0.39, 0.29) is 0 Å². The summed E-state index contributed by atoms with van der Waals surface area (Å²) < 4.78 is 0. The molecule has 0 spiro atoms. The van der Waals surface area contributed by atoms with Gasteiger partial charge in [-0.05, 0) is 24.2 Å². The lowest BCUT2D eigenvalue weighted by molar-refractivity contribution is 1.49. The van der Waals surface area contributed by atoms with E-state index in [1.54, 1.807) is 0 Å². The summed E-state index contributed by atoms with van der Waals surface area (Å²) in [5, 5.41) is 2.56. The summed E-state index contributed by atoms with van der Waals surface area (Å²) >= 11 is 6.61. The van der Waals surface area contributed by atoms with Crippen molar-refractivity contribution >= 4 is 29.6 Å². The van der Waals surface area contributed by atoms with Crippen LogP contribution in [0.2, 0.25) is 0 Å². The van der Waals surface area contributed by atoms with E-state index in [4.69, 9.17) is 11.1 Å². The predicted octanol–water partition coefficient (Wildman–Crippen LogP) is 2.65. The van der Waals surface area contributed by atoms with Crippen molar-refractivity contribution in [2.75, 3.05) is 0 Å². The fraction of sp³-hybridized carbons (Fsp3) is 0.143. The molecule has 2 rings (SSSR count). The van der Waals surface area contributed by atoms with Gasteiger partial charge in [0.05, 0.1) is 0 Å². The molecule has 0 unspecified atom stereocenters. The van der Waals surface area contributed by atoms with Gasteiger partial charge >= 0.3 is 0 Å². The molecule has 1 radical (unpaired) electrons. The topological polar surface area (TPSA) is 0 Å². The molecule has 0 N–H and O–H groups in total. The number of aryl methyl sites for hydroxylation is 2. The van der Waals surface area contributed by atoms with Crippen LogP contribution in [-0.2, 0) is 0 Å². The second-order valence-corrected chi connectivity index (χ2v) is 6.88. The van der Waals surface area contributed by atoms with Gasteiger partial charge in [-0.2, -0.15) is 11.1 Å². The third-order valence-electron chi connectivity index (χ3n) is 2.65. The van der Waals surface area contributed by atoms with Gasteiger partial charge in [-0.15, -0.1) is 0 Å². The molecule has 0 saturated heterocycles. The average molecular weight is 246 g/mol. The monoisotopic (exact) mass is 245 g/mol. The lowest BCUT2D eigenvalue weighted by Crippen LogP contribution is -2.38. The van der Waals surface area contributed by atoms with Crippen molar-refractivity contribution in [1.29, 1.82) is 0 Å². The number of benzene rings is 2. The molecule has 0 aliphatic rings. The molecular weight excluding hydrogens is 232 g/mol. The second-order valence-electron chi connectivity index (χ2n) is 4.00. The van der Waals surface area contributed by atoms with Crippen LogP contribution in [0.25, 0.3) is 0 Å². The molecule has 2 aromatic rings. The van der Waals surface area contributed by atoms with Crippen molar-refractivity contribution in [2.24, 2.45) is 0 Å². The molecule has 0 aliphatic heterocycles. The molecule has 2 aromatic carbocycles. The summed E-state index contributed by atoms with van der Waals surface area (Å²) in [6, 6.07) is 16.9. The Bertz CT molecular complexity index is 494. The van der Waals surface area contributed by atoms with E-state index in [9.17, 15) is 0 Å². The molecule has 0 amide bonds. The Balaban J connectivity index is 2.39. The standard InChI is InChI=1S/C14H14ClSi/c1-11-6-5-8-13(10-11)16(15)14-9-4-3-7-12(14)2/h3-10H,1-2H3. The molecule has 0 fully saturated rings. The van der Waals surface area contributed by atoms with Crippen LogP contribution in [0.5, 0.6) is 0 Å². The first-order valence-corrected chi connectivity index (χ1v) is 7.85. The highest BCUT2D eigenvalue weighted by Gasteiger charge is 2.15. The van der Waals surface area contributed by atoms with Crippen LogP contribution >= 0.6 is 11.1 Å². The van der Waals surface area contributed by atoms with Gasteiger partial charge in [0.25, 0.3) is 0 Å². The van der Waals surface area contributed by atoms with Crippen LogP contribution in [0.4, 0.5) is 0 Å². The Hall–Kier alpha value is -1.05. The SMILES string of the molecule is Cc1cccc([Si](Cl)c2ccccc2C)c1. The molecule has 0 atom stereocenters. The predicted molar refractivity (Wildman–Crippen MR) is 73.2 cm³/mol.